The summed E-state index contributed by atoms with van der Waals surface area (Å²) in [5.41, 5.74) is 9.28. The van der Waals surface area contributed by atoms with E-state index in [9.17, 15) is 0 Å². The van der Waals surface area contributed by atoms with E-state index in [0.717, 1.165) is 50.5 Å². The van der Waals surface area contributed by atoms with Crippen LogP contribution in [0.25, 0.3) is 61.1 Å². The van der Waals surface area contributed by atoms with Gasteiger partial charge in [0.1, 0.15) is 5.75 Å². The van der Waals surface area contributed by atoms with Gasteiger partial charge in [-0.1, -0.05) is 91.0 Å². The summed E-state index contributed by atoms with van der Waals surface area (Å²) in [4.78, 5) is 5.26. The number of hydrogen-bond acceptors (Lipinski definition) is 4. The summed E-state index contributed by atoms with van der Waals surface area (Å²) in [6.45, 7) is 8.32. The fraction of sp³-hybridized carbons (Fsp3) is 0.167. The number of benzene rings is 5. The maximum Gasteiger partial charge on any atom is 0.494 e. The minimum Gasteiger partial charge on any atom is -0.496 e. The average Bonchev–Trinajstić information content (AvgIpc) is 3.56. The van der Waals surface area contributed by atoms with Crippen molar-refractivity contribution in [3.8, 4) is 45.1 Å². The lowest BCUT2D eigenvalue weighted by Crippen LogP contribution is -2.41. The molecule has 1 aliphatic rings. The molecule has 236 valence electrons. The number of pyridine rings is 1. The zero-order chi connectivity index (χ0) is 33.0. The van der Waals surface area contributed by atoms with Crippen LogP contribution in [-0.2, 0) is 9.31 Å². The molecule has 5 nitrogen and oxygen atoms in total. The zero-order valence-electron chi connectivity index (χ0n) is 27.9. The van der Waals surface area contributed by atoms with Gasteiger partial charge in [0.05, 0.1) is 46.4 Å². The van der Waals surface area contributed by atoms with E-state index in [1.165, 1.54) is 21.8 Å². The molecule has 5 aromatic carbocycles. The van der Waals surface area contributed by atoms with Gasteiger partial charge in [0, 0.05) is 21.9 Å². The first-order chi connectivity index (χ1) is 23.2. The lowest BCUT2D eigenvalue weighted by Gasteiger charge is -2.32. The van der Waals surface area contributed by atoms with Gasteiger partial charge in [-0.05, 0) is 86.7 Å². The Morgan fingerprint density at radius 3 is 1.85 bits per heavy atom. The first-order valence-corrected chi connectivity index (χ1v) is 16.4. The molecule has 1 fully saturated rings. The van der Waals surface area contributed by atoms with Crippen LogP contribution in [0.5, 0.6) is 5.75 Å². The Bertz CT molecular complexity index is 2250. The van der Waals surface area contributed by atoms with Crippen molar-refractivity contribution in [2.45, 2.75) is 38.9 Å². The van der Waals surface area contributed by atoms with E-state index in [4.69, 9.17) is 19.0 Å². The Hall–Kier alpha value is -5.17. The molecule has 0 saturated carbocycles. The molecule has 1 saturated heterocycles. The lowest BCUT2D eigenvalue weighted by molar-refractivity contribution is 0.00578. The second-order valence-electron chi connectivity index (χ2n) is 13.4. The molecule has 0 unspecified atom stereocenters. The van der Waals surface area contributed by atoms with E-state index in [2.05, 4.69) is 148 Å². The highest BCUT2D eigenvalue weighted by Gasteiger charge is 2.51. The highest BCUT2D eigenvalue weighted by Crippen LogP contribution is 2.40. The van der Waals surface area contributed by atoms with E-state index in [1.807, 2.05) is 18.2 Å². The number of hydrogen-bond donors (Lipinski definition) is 0. The van der Waals surface area contributed by atoms with Crippen LogP contribution < -0.4 is 10.2 Å². The molecule has 8 rings (SSSR count). The number of fused-ring (bicyclic) bond motifs is 3. The van der Waals surface area contributed by atoms with Gasteiger partial charge in [-0.2, -0.15) is 0 Å². The maximum atomic E-state index is 6.42. The standard InChI is InChI=1S/C42H37BN2O3/c1-41(2)42(3,4)48-43(47-41)30-16-14-15-28(25-30)35-26-29(27-36(44-35)34-20-9-13-24-40(34)46-5)31-17-6-10-21-37(31)45-38-22-11-7-18-32(38)33-19-8-12-23-39(33)45/h6-27H,1-5H3. The Balaban J connectivity index is 1.34. The maximum absolute atomic E-state index is 6.42. The predicted octanol–water partition coefficient (Wildman–Crippen LogP) is 9.49. The predicted molar refractivity (Wildman–Crippen MR) is 197 cm³/mol. The van der Waals surface area contributed by atoms with E-state index in [-0.39, 0.29) is 0 Å². The fourth-order valence-corrected chi connectivity index (χ4v) is 6.75. The molecule has 0 amide bonds. The molecule has 48 heavy (non-hydrogen) atoms. The summed E-state index contributed by atoms with van der Waals surface area (Å²) in [5.74, 6) is 0.773. The topological polar surface area (TPSA) is 45.5 Å². The molecule has 7 aromatic rings. The van der Waals surface area contributed by atoms with Crippen LogP contribution in [0.1, 0.15) is 27.7 Å². The smallest absolute Gasteiger partial charge is 0.494 e. The minimum absolute atomic E-state index is 0.431. The van der Waals surface area contributed by atoms with Gasteiger partial charge in [-0.15, -0.1) is 0 Å². The molecule has 1 aliphatic heterocycles. The number of para-hydroxylation sites is 4. The van der Waals surface area contributed by atoms with Crippen LogP contribution in [-0.4, -0.2) is 35.0 Å². The first kappa shape index (κ1) is 30.2. The van der Waals surface area contributed by atoms with Gasteiger partial charge in [-0.3, -0.25) is 0 Å². The summed E-state index contributed by atoms with van der Waals surface area (Å²) >= 11 is 0. The average molecular weight is 629 g/mol. The highest BCUT2D eigenvalue weighted by molar-refractivity contribution is 6.62. The van der Waals surface area contributed by atoms with Crippen molar-refractivity contribution >= 4 is 34.4 Å². The lowest BCUT2D eigenvalue weighted by atomic mass is 9.78. The molecule has 0 atom stereocenters. The van der Waals surface area contributed by atoms with Crippen molar-refractivity contribution < 1.29 is 14.0 Å². The third-order valence-corrected chi connectivity index (χ3v) is 9.95. The molecular weight excluding hydrogens is 591 g/mol. The summed E-state index contributed by atoms with van der Waals surface area (Å²) in [6, 6.07) is 46.6. The third-order valence-electron chi connectivity index (χ3n) is 9.95. The van der Waals surface area contributed by atoms with Crippen LogP contribution in [0.15, 0.2) is 133 Å². The second kappa shape index (κ2) is 11.5. The number of rotatable bonds is 6. The van der Waals surface area contributed by atoms with Crippen molar-refractivity contribution in [2.75, 3.05) is 7.11 Å². The van der Waals surface area contributed by atoms with Gasteiger partial charge in [0.15, 0.2) is 0 Å². The SMILES string of the molecule is COc1ccccc1-c1cc(-c2ccccc2-n2c3ccccc3c3ccccc32)cc(-c2cccc(B3OC(C)(C)C(C)(C)O3)c2)n1. The van der Waals surface area contributed by atoms with E-state index >= 15 is 0 Å². The van der Waals surface area contributed by atoms with Crippen LogP contribution in [0.2, 0.25) is 0 Å². The molecular formula is C42H37BN2O3. The van der Waals surface area contributed by atoms with Gasteiger partial charge >= 0.3 is 7.12 Å². The second-order valence-corrected chi connectivity index (χ2v) is 13.4. The van der Waals surface area contributed by atoms with Crippen LogP contribution >= 0.6 is 0 Å². The highest BCUT2D eigenvalue weighted by atomic mass is 16.7. The van der Waals surface area contributed by atoms with Crippen molar-refractivity contribution in [1.82, 2.24) is 9.55 Å². The molecule has 2 aromatic heterocycles. The van der Waals surface area contributed by atoms with E-state index < -0.39 is 18.3 Å². The summed E-state index contributed by atoms with van der Waals surface area (Å²) in [5, 5.41) is 2.46. The summed E-state index contributed by atoms with van der Waals surface area (Å²) in [6.07, 6.45) is 0. The van der Waals surface area contributed by atoms with Crippen molar-refractivity contribution in [1.29, 1.82) is 0 Å². The van der Waals surface area contributed by atoms with Gasteiger partial charge in [0.2, 0.25) is 0 Å². The molecule has 0 radical (unpaired) electrons. The number of methoxy groups -OCH3 is 1. The molecule has 3 heterocycles. The minimum atomic E-state index is -0.470. The third kappa shape index (κ3) is 5.00. The molecule has 0 N–H and O–H groups in total. The fourth-order valence-electron chi connectivity index (χ4n) is 6.75. The van der Waals surface area contributed by atoms with Crippen LogP contribution in [0, 0.1) is 0 Å². The largest absolute Gasteiger partial charge is 0.496 e. The number of ether oxygens (including phenoxy) is 1. The van der Waals surface area contributed by atoms with Crippen molar-refractivity contribution in [2.24, 2.45) is 0 Å². The van der Waals surface area contributed by atoms with Gasteiger partial charge < -0.3 is 18.6 Å². The molecule has 0 spiro atoms. The van der Waals surface area contributed by atoms with Crippen molar-refractivity contribution in [3.05, 3.63) is 133 Å². The Morgan fingerprint density at radius 1 is 0.583 bits per heavy atom. The number of nitrogens with zero attached hydrogens (tertiary/aromatic N) is 2. The molecule has 0 bridgehead atoms. The molecule has 6 heteroatoms. The van der Waals surface area contributed by atoms with Crippen LogP contribution in [0.4, 0.5) is 0 Å². The quantitative estimate of drug-likeness (QED) is 0.172. The Labute approximate surface area is 281 Å². The zero-order valence-corrected chi connectivity index (χ0v) is 27.9. The van der Waals surface area contributed by atoms with Crippen LogP contribution in [0.3, 0.4) is 0 Å². The van der Waals surface area contributed by atoms with Crippen molar-refractivity contribution in [3.63, 3.8) is 0 Å². The van der Waals surface area contributed by atoms with Gasteiger partial charge in [0.25, 0.3) is 0 Å². The van der Waals surface area contributed by atoms with Gasteiger partial charge in [-0.25, -0.2) is 4.98 Å². The Morgan fingerprint density at radius 2 is 1.17 bits per heavy atom. The van der Waals surface area contributed by atoms with E-state index in [0.29, 0.717) is 0 Å². The first-order valence-electron chi connectivity index (χ1n) is 16.4. The Kier molecular flexibility index (Phi) is 7.24. The number of aromatic nitrogens is 2. The summed E-state index contributed by atoms with van der Waals surface area (Å²) in [7, 11) is 1.23. The van der Waals surface area contributed by atoms with E-state index in [1.54, 1.807) is 7.11 Å². The molecule has 0 aliphatic carbocycles. The normalized spacial score (nSPS) is 15.3. The monoisotopic (exact) mass is 628 g/mol. The summed E-state index contributed by atoms with van der Waals surface area (Å²) < 4.78 is 21.0.